The van der Waals surface area contributed by atoms with Gasteiger partial charge in [-0.3, -0.25) is 4.79 Å². The summed E-state index contributed by atoms with van der Waals surface area (Å²) in [4.78, 5) is 14.3. The van der Waals surface area contributed by atoms with E-state index in [9.17, 15) is 4.79 Å². The highest BCUT2D eigenvalue weighted by molar-refractivity contribution is 8.00. The first-order valence-corrected chi connectivity index (χ1v) is 9.98. The third-order valence-corrected chi connectivity index (χ3v) is 5.88. The number of rotatable bonds is 5. The molecule has 3 nitrogen and oxygen atoms in total. The van der Waals surface area contributed by atoms with Crippen LogP contribution >= 0.6 is 11.8 Å². The van der Waals surface area contributed by atoms with E-state index < -0.39 is 0 Å². The fourth-order valence-corrected chi connectivity index (χ4v) is 4.33. The van der Waals surface area contributed by atoms with Crippen LogP contribution in [0.25, 0.3) is 0 Å². The summed E-state index contributed by atoms with van der Waals surface area (Å²) in [6.07, 6.45) is 0.778. The number of para-hydroxylation sites is 1. The van der Waals surface area contributed by atoms with Crippen molar-refractivity contribution in [1.29, 1.82) is 0 Å². The molecule has 0 bridgehead atoms. The lowest BCUT2D eigenvalue weighted by Crippen LogP contribution is -2.34. The minimum absolute atomic E-state index is 0.0231. The number of hydrogen-bond acceptors (Lipinski definition) is 3. The van der Waals surface area contributed by atoms with Crippen molar-refractivity contribution in [2.45, 2.75) is 22.6 Å². The standard InChI is InChI=1S/C23H21NO2S/c25-23(24-20-15-16-26-21-14-8-7-13-19(20)21)22(17-9-3-1-4-10-17)27-18-11-5-2-6-12-18/h1-14,20,22H,15-16H2,(H,24,25). The molecular formula is C23H21NO2S. The van der Waals surface area contributed by atoms with Crippen LogP contribution in [0.2, 0.25) is 0 Å². The fourth-order valence-electron chi connectivity index (χ4n) is 3.28. The van der Waals surface area contributed by atoms with Crippen molar-refractivity contribution in [3.8, 4) is 5.75 Å². The number of amides is 1. The first-order chi connectivity index (χ1) is 13.3. The maximum Gasteiger partial charge on any atom is 0.238 e. The van der Waals surface area contributed by atoms with Gasteiger partial charge in [-0.25, -0.2) is 0 Å². The summed E-state index contributed by atoms with van der Waals surface area (Å²) >= 11 is 1.58. The number of carbonyl (C=O) groups is 1. The number of nitrogens with one attached hydrogen (secondary N) is 1. The number of fused-ring (bicyclic) bond motifs is 1. The van der Waals surface area contributed by atoms with Gasteiger partial charge in [0.05, 0.1) is 12.6 Å². The van der Waals surface area contributed by atoms with E-state index in [-0.39, 0.29) is 17.2 Å². The van der Waals surface area contributed by atoms with Crippen LogP contribution in [-0.4, -0.2) is 12.5 Å². The van der Waals surface area contributed by atoms with E-state index in [1.165, 1.54) is 0 Å². The lowest BCUT2D eigenvalue weighted by Gasteiger charge is -2.28. The Morgan fingerprint density at radius 2 is 1.59 bits per heavy atom. The van der Waals surface area contributed by atoms with Gasteiger partial charge in [0.2, 0.25) is 5.91 Å². The van der Waals surface area contributed by atoms with Crippen molar-refractivity contribution in [3.63, 3.8) is 0 Å². The maximum atomic E-state index is 13.3. The summed E-state index contributed by atoms with van der Waals surface area (Å²) in [5.74, 6) is 0.887. The van der Waals surface area contributed by atoms with Crippen LogP contribution in [-0.2, 0) is 4.79 Å². The minimum Gasteiger partial charge on any atom is -0.493 e. The Labute approximate surface area is 163 Å². The summed E-state index contributed by atoms with van der Waals surface area (Å²) in [7, 11) is 0. The molecule has 2 unspecified atom stereocenters. The molecule has 1 amide bonds. The monoisotopic (exact) mass is 375 g/mol. The van der Waals surface area contributed by atoms with Gasteiger partial charge in [-0.1, -0.05) is 66.7 Å². The van der Waals surface area contributed by atoms with Gasteiger partial charge in [0.25, 0.3) is 0 Å². The summed E-state index contributed by atoms with van der Waals surface area (Å²) in [6, 6.07) is 27.9. The van der Waals surface area contributed by atoms with Crippen molar-refractivity contribution >= 4 is 17.7 Å². The molecule has 0 fully saturated rings. The predicted molar refractivity (Wildman–Crippen MR) is 109 cm³/mol. The zero-order valence-corrected chi connectivity index (χ0v) is 15.7. The molecule has 3 aromatic rings. The van der Waals surface area contributed by atoms with Crippen LogP contribution < -0.4 is 10.1 Å². The molecule has 0 radical (unpaired) electrons. The van der Waals surface area contributed by atoms with E-state index in [2.05, 4.69) is 5.32 Å². The molecule has 2 atom stereocenters. The average Bonchev–Trinajstić information content (AvgIpc) is 2.73. The largest absolute Gasteiger partial charge is 0.493 e. The molecule has 3 aromatic carbocycles. The Balaban J connectivity index is 1.58. The van der Waals surface area contributed by atoms with E-state index in [0.29, 0.717) is 6.61 Å². The van der Waals surface area contributed by atoms with E-state index >= 15 is 0 Å². The van der Waals surface area contributed by atoms with Crippen LogP contribution in [0.4, 0.5) is 0 Å². The lowest BCUT2D eigenvalue weighted by atomic mass is 10.00. The zero-order chi connectivity index (χ0) is 18.5. The molecule has 0 saturated carbocycles. The van der Waals surface area contributed by atoms with Crippen molar-refractivity contribution in [1.82, 2.24) is 5.32 Å². The normalized spacial score (nSPS) is 16.7. The lowest BCUT2D eigenvalue weighted by molar-refractivity contribution is -0.121. The third kappa shape index (κ3) is 4.17. The van der Waals surface area contributed by atoms with Crippen LogP contribution in [0.1, 0.15) is 28.8 Å². The van der Waals surface area contributed by atoms with Gasteiger partial charge in [-0.15, -0.1) is 11.8 Å². The van der Waals surface area contributed by atoms with Crippen LogP contribution in [0.15, 0.2) is 89.8 Å². The minimum atomic E-state index is -0.302. The summed E-state index contributed by atoms with van der Waals surface area (Å²) < 4.78 is 5.72. The SMILES string of the molecule is O=C(NC1CCOc2ccccc21)C(Sc1ccccc1)c1ccccc1. The Morgan fingerprint density at radius 3 is 2.37 bits per heavy atom. The number of ether oxygens (including phenoxy) is 1. The van der Waals surface area contributed by atoms with Crippen LogP contribution in [0.5, 0.6) is 5.75 Å². The number of benzene rings is 3. The molecular weight excluding hydrogens is 354 g/mol. The van der Waals surface area contributed by atoms with Gasteiger partial charge in [-0.05, 0) is 23.8 Å². The second kappa shape index (κ2) is 8.31. The van der Waals surface area contributed by atoms with Gasteiger partial charge in [0, 0.05) is 16.9 Å². The van der Waals surface area contributed by atoms with E-state index in [1.54, 1.807) is 11.8 Å². The zero-order valence-electron chi connectivity index (χ0n) is 14.9. The summed E-state index contributed by atoms with van der Waals surface area (Å²) in [5, 5.41) is 2.95. The van der Waals surface area contributed by atoms with E-state index in [1.807, 2.05) is 84.9 Å². The first-order valence-electron chi connectivity index (χ1n) is 9.10. The van der Waals surface area contributed by atoms with Crippen molar-refractivity contribution in [2.75, 3.05) is 6.61 Å². The molecule has 0 aromatic heterocycles. The molecule has 1 aliphatic heterocycles. The molecule has 4 heteroatoms. The third-order valence-electron chi connectivity index (χ3n) is 4.61. The van der Waals surface area contributed by atoms with Gasteiger partial charge in [-0.2, -0.15) is 0 Å². The Hall–Kier alpha value is -2.72. The average molecular weight is 375 g/mol. The smallest absolute Gasteiger partial charge is 0.238 e. The summed E-state index contributed by atoms with van der Waals surface area (Å²) in [5.41, 5.74) is 2.05. The van der Waals surface area contributed by atoms with Crippen molar-refractivity contribution in [3.05, 3.63) is 96.1 Å². The molecule has 4 rings (SSSR count). The molecule has 1 heterocycles. The molecule has 136 valence electrons. The van der Waals surface area contributed by atoms with Gasteiger partial charge in [0.1, 0.15) is 11.0 Å². The maximum absolute atomic E-state index is 13.3. The topological polar surface area (TPSA) is 38.3 Å². The summed E-state index contributed by atoms with van der Waals surface area (Å²) in [6.45, 7) is 0.615. The molecule has 0 spiro atoms. The first kappa shape index (κ1) is 17.7. The van der Waals surface area contributed by atoms with Gasteiger partial charge in [0.15, 0.2) is 0 Å². The number of carbonyl (C=O) groups excluding carboxylic acids is 1. The fraction of sp³-hybridized carbons (Fsp3) is 0.174. The predicted octanol–water partition coefficient (Wildman–Crippen LogP) is 5.16. The highest BCUT2D eigenvalue weighted by atomic mass is 32.2. The van der Waals surface area contributed by atoms with Gasteiger partial charge >= 0.3 is 0 Å². The second-order valence-electron chi connectivity index (χ2n) is 6.46. The number of thioether (sulfide) groups is 1. The van der Waals surface area contributed by atoms with E-state index in [4.69, 9.17) is 4.74 Å². The van der Waals surface area contributed by atoms with Gasteiger partial charge < -0.3 is 10.1 Å². The van der Waals surface area contributed by atoms with E-state index in [0.717, 1.165) is 28.2 Å². The highest BCUT2D eigenvalue weighted by Gasteiger charge is 2.28. The van der Waals surface area contributed by atoms with Crippen LogP contribution in [0.3, 0.4) is 0 Å². The number of hydrogen-bond donors (Lipinski definition) is 1. The highest BCUT2D eigenvalue weighted by Crippen LogP contribution is 2.37. The van der Waals surface area contributed by atoms with Crippen LogP contribution in [0, 0.1) is 0 Å². The molecule has 1 N–H and O–H groups in total. The molecule has 0 aliphatic carbocycles. The Morgan fingerprint density at radius 1 is 0.926 bits per heavy atom. The molecule has 27 heavy (non-hydrogen) atoms. The van der Waals surface area contributed by atoms with Crippen molar-refractivity contribution < 1.29 is 9.53 Å². The second-order valence-corrected chi connectivity index (χ2v) is 7.64. The van der Waals surface area contributed by atoms with Crippen molar-refractivity contribution in [2.24, 2.45) is 0 Å². The Kier molecular flexibility index (Phi) is 5.45. The Bertz CT molecular complexity index is 899. The quantitative estimate of drug-likeness (QED) is 0.626. The molecule has 1 aliphatic rings. The molecule has 0 saturated heterocycles.